The molecule has 2 N–H and O–H groups in total. The fraction of sp³-hybridized carbons (Fsp3) is 0.235. The summed E-state index contributed by atoms with van der Waals surface area (Å²) in [6.07, 6.45) is 1.44. The highest BCUT2D eigenvalue weighted by Gasteiger charge is 2.12. The summed E-state index contributed by atoms with van der Waals surface area (Å²) in [6, 6.07) is 11.4. The van der Waals surface area contributed by atoms with Crippen molar-refractivity contribution in [1.29, 1.82) is 0 Å². The standard InChI is InChI=1S/C17H18N2O5/c1-2-24-15-8-7-12-5-3-4-6-13(12)14(15)9-18-19(10-16(20)21)11-17(22)23/h3-9H,2,10-11H2,1H3,(H,20,21)(H,22,23)/b18-9-. The van der Waals surface area contributed by atoms with Crippen LogP contribution in [0, 0.1) is 0 Å². The van der Waals surface area contributed by atoms with Crippen LogP contribution in [-0.2, 0) is 9.59 Å². The number of carboxylic acid groups (broad SMARTS) is 2. The van der Waals surface area contributed by atoms with Gasteiger partial charge in [0.05, 0.1) is 12.8 Å². The third-order valence-electron chi connectivity index (χ3n) is 3.22. The lowest BCUT2D eigenvalue weighted by atomic mass is 10.0. The third-order valence-corrected chi connectivity index (χ3v) is 3.22. The number of ether oxygens (including phenoxy) is 1. The second-order valence-electron chi connectivity index (χ2n) is 4.99. The molecule has 0 aliphatic rings. The van der Waals surface area contributed by atoms with E-state index in [4.69, 9.17) is 14.9 Å². The summed E-state index contributed by atoms with van der Waals surface area (Å²) in [5.41, 5.74) is 0.677. The molecule has 0 atom stereocenters. The van der Waals surface area contributed by atoms with Crippen LogP contribution in [0.1, 0.15) is 12.5 Å². The lowest BCUT2D eigenvalue weighted by Gasteiger charge is -2.15. The van der Waals surface area contributed by atoms with Crippen molar-refractivity contribution in [2.45, 2.75) is 6.92 Å². The maximum Gasteiger partial charge on any atom is 0.324 e. The van der Waals surface area contributed by atoms with E-state index in [1.807, 2.05) is 43.3 Å². The van der Waals surface area contributed by atoms with Crippen molar-refractivity contribution in [3.63, 3.8) is 0 Å². The molecule has 0 aliphatic carbocycles. The van der Waals surface area contributed by atoms with Gasteiger partial charge in [-0.1, -0.05) is 30.3 Å². The predicted octanol–water partition coefficient (Wildman–Crippen LogP) is 2.04. The molecular weight excluding hydrogens is 312 g/mol. The van der Waals surface area contributed by atoms with Crippen LogP contribution in [0.2, 0.25) is 0 Å². The van der Waals surface area contributed by atoms with Gasteiger partial charge in [0.15, 0.2) is 0 Å². The second kappa shape index (κ2) is 7.96. The number of carboxylic acids is 2. The third kappa shape index (κ3) is 4.45. The first-order chi connectivity index (χ1) is 11.5. The number of hydrazone groups is 1. The van der Waals surface area contributed by atoms with Crippen molar-refractivity contribution in [2.75, 3.05) is 19.7 Å². The van der Waals surface area contributed by atoms with E-state index in [-0.39, 0.29) is 0 Å². The number of rotatable bonds is 8. The van der Waals surface area contributed by atoms with Crippen LogP contribution in [0.4, 0.5) is 0 Å². The Balaban J connectivity index is 2.42. The van der Waals surface area contributed by atoms with Gasteiger partial charge in [0.1, 0.15) is 18.8 Å². The van der Waals surface area contributed by atoms with Gasteiger partial charge in [-0.25, -0.2) is 0 Å². The smallest absolute Gasteiger partial charge is 0.324 e. The normalized spacial score (nSPS) is 10.9. The average Bonchev–Trinajstić information content (AvgIpc) is 2.52. The monoisotopic (exact) mass is 330 g/mol. The van der Waals surface area contributed by atoms with Gasteiger partial charge < -0.3 is 14.9 Å². The molecule has 7 nitrogen and oxygen atoms in total. The Kier molecular flexibility index (Phi) is 5.73. The summed E-state index contributed by atoms with van der Waals surface area (Å²) in [4.78, 5) is 21.7. The summed E-state index contributed by atoms with van der Waals surface area (Å²) in [5, 5.41) is 24.6. The summed E-state index contributed by atoms with van der Waals surface area (Å²) < 4.78 is 5.60. The highest BCUT2D eigenvalue weighted by molar-refractivity contribution is 6.02. The molecule has 2 aromatic rings. The molecule has 0 aliphatic heterocycles. The van der Waals surface area contributed by atoms with Crippen molar-refractivity contribution < 1.29 is 24.5 Å². The van der Waals surface area contributed by atoms with Crippen molar-refractivity contribution in [1.82, 2.24) is 5.01 Å². The van der Waals surface area contributed by atoms with Crippen LogP contribution in [0.25, 0.3) is 10.8 Å². The largest absolute Gasteiger partial charge is 0.493 e. The Morgan fingerprint density at radius 1 is 1.12 bits per heavy atom. The molecule has 0 unspecified atom stereocenters. The summed E-state index contributed by atoms with van der Waals surface area (Å²) in [7, 11) is 0. The molecule has 24 heavy (non-hydrogen) atoms. The van der Waals surface area contributed by atoms with Crippen molar-refractivity contribution in [3.05, 3.63) is 42.0 Å². The predicted molar refractivity (Wildman–Crippen MR) is 89.6 cm³/mol. The minimum Gasteiger partial charge on any atom is -0.493 e. The number of benzene rings is 2. The van der Waals surface area contributed by atoms with Gasteiger partial charge in [-0.15, -0.1) is 0 Å². The fourth-order valence-corrected chi connectivity index (χ4v) is 2.28. The highest BCUT2D eigenvalue weighted by Crippen LogP contribution is 2.26. The van der Waals surface area contributed by atoms with E-state index in [1.165, 1.54) is 6.21 Å². The Bertz CT molecular complexity index is 757. The van der Waals surface area contributed by atoms with Crippen molar-refractivity contribution >= 4 is 28.9 Å². The van der Waals surface area contributed by atoms with Gasteiger partial charge in [-0.3, -0.25) is 14.6 Å². The summed E-state index contributed by atoms with van der Waals surface area (Å²) in [5.74, 6) is -1.71. The Morgan fingerprint density at radius 3 is 2.42 bits per heavy atom. The van der Waals surface area contributed by atoms with Crippen LogP contribution in [-0.4, -0.2) is 53.1 Å². The van der Waals surface area contributed by atoms with Gasteiger partial charge in [0.25, 0.3) is 0 Å². The van der Waals surface area contributed by atoms with E-state index in [9.17, 15) is 9.59 Å². The summed E-state index contributed by atoms with van der Waals surface area (Å²) in [6.45, 7) is 1.32. The Morgan fingerprint density at radius 2 is 1.79 bits per heavy atom. The lowest BCUT2D eigenvalue weighted by Crippen LogP contribution is -2.30. The zero-order valence-corrected chi connectivity index (χ0v) is 13.2. The minimum absolute atomic E-state index is 0.465. The van der Waals surface area contributed by atoms with E-state index in [2.05, 4.69) is 5.10 Å². The number of hydrogen-bond donors (Lipinski definition) is 2. The molecule has 0 spiro atoms. The van der Waals surface area contributed by atoms with Gasteiger partial charge in [-0.2, -0.15) is 5.10 Å². The van der Waals surface area contributed by atoms with E-state index in [1.54, 1.807) is 0 Å². The van der Waals surface area contributed by atoms with Gasteiger partial charge in [-0.05, 0) is 23.8 Å². The Labute approximate surface area is 138 Å². The van der Waals surface area contributed by atoms with Crippen molar-refractivity contribution in [3.8, 4) is 5.75 Å². The zero-order chi connectivity index (χ0) is 17.5. The van der Waals surface area contributed by atoms with E-state index >= 15 is 0 Å². The van der Waals surface area contributed by atoms with Crippen LogP contribution in [0.5, 0.6) is 5.75 Å². The molecule has 2 rings (SSSR count). The molecule has 0 radical (unpaired) electrons. The first-order valence-corrected chi connectivity index (χ1v) is 7.38. The molecule has 0 bridgehead atoms. The number of fused-ring (bicyclic) bond motifs is 1. The number of carbonyl (C=O) groups is 2. The van der Waals surface area contributed by atoms with Crippen LogP contribution in [0.15, 0.2) is 41.5 Å². The van der Waals surface area contributed by atoms with Crippen molar-refractivity contribution in [2.24, 2.45) is 5.10 Å². The number of hydrogen-bond acceptors (Lipinski definition) is 5. The van der Waals surface area contributed by atoms with Crippen LogP contribution >= 0.6 is 0 Å². The Hall–Kier alpha value is -3.09. The molecule has 0 fully saturated rings. The SMILES string of the molecule is CCOc1ccc2ccccc2c1/C=N\N(CC(=O)O)CC(=O)O. The van der Waals surface area contributed by atoms with Crippen LogP contribution in [0.3, 0.4) is 0 Å². The molecule has 7 heteroatoms. The van der Waals surface area contributed by atoms with Gasteiger partial charge >= 0.3 is 11.9 Å². The van der Waals surface area contributed by atoms with Gasteiger partial charge in [0.2, 0.25) is 0 Å². The quantitative estimate of drug-likeness (QED) is 0.567. The number of aliphatic carboxylic acids is 2. The molecule has 0 saturated carbocycles. The average molecular weight is 330 g/mol. The highest BCUT2D eigenvalue weighted by atomic mass is 16.5. The van der Waals surface area contributed by atoms with E-state index < -0.39 is 25.0 Å². The number of nitrogens with zero attached hydrogens (tertiary/aromatic N) is 2. The second-order valence-corrected chi connectivity index (χ2v) is 4.99. The van der Waals surface area contributed by atoms with E-state index in [0.29, 0.717) is 17.9 Å². The molecule has 0 aromatic heterocycles. The molecular formula is C17H18N2O5. The first-order valence-electron chi connectivity index (χ1n) is 7.38. The molecule has 0 saturated heterocycles. The van der Waals surface area contributed by atoms with Gasteiger partial charge in [0, 0.05) is 5.56 Å². The zero-order valence-electron chi connectivity index (χ0n) is 13.2. The maximum atomic E-state index is 10.9. The molecule has 2 aromatic carbocycles. The first kappa shape index (κ1) is 17.3. The lowest BCUT2D eigenvalue weighted by molar-refractivity contribution is -0.141. The topological polar surface area (TPSA) is 99.4 Å². The van der Waals surface area contributed by atoms with Crippen LogP contribution < -0.4 is 4.74 Å². The molecule has 0 heterocycles. The fourth-order valence-electron chi connectivity index (χ4n) is 2.28. The minimum atomic E-state index is -1.16. The van der Waals surface area contributed by atoms with E-state index in [0.717, 1.165) is 15.8 Å². The molecule has 0 amide bonds. The maximum absolute atomic E-state index is 10.9. The molecule has 126 valence electrons. The summed E-state index contributed by atoms with van der Waals surface area (Å²) >= 11 is 0.